The number of fused-ring (bicyclic) bond motifs is 1. The number of imidazole rings is 1. The van der Waals surface area contributed by atoms with Gasteiger partial charge in [-0.3, -0.25) is 9.20 Å². The summed E-state index contributed by atoms with van der Waals surface area (Å²) in [6, 6.07) is 3.52. The minimum absolute atomic E-state index is 0.109. The van der Waals surface area contributed by atoms with Crippen molar-refractivity contribution in [3.05, 3.63) is 45.7 Å². The van der Waals surface area contributed by atoms with Crippen LogP contribution in [-0.2, 0) is 9.47 Å². The second kappa shape index (κ2) is 8.54. The first-order valence-corrected chi connectivity index (χ1v) is 9.87. The van der Waals surface area contributed by atoms with E-state index in [1.54, 1.807) is 36.6 Å². The number of hydrogen-bond acceptors (Lipinski definition) is 8. The Bertz CT molecular complexity index is 1150. The van der Waals surface area contributed by atoms with Crippen LogP contribution in [0.1, 0.15) is 48.7 Å². The van der Waals surface area contributed by atoms with Crippen molar-refractivity contribution in [2.75, 3.05) is 26.1 Å². The van der Waals surface area contributed by atoms with Crippen LogP contribution in [0, 0.1) is 13.8 Å². The van der Waals surface area contributed by atoms with Gasteiger partial charge in [0.2, 0.25) is 0 Å². The van der Waals surface area contributed by atoms with Crippen molar-refractivity contribution in [2.24, 2.45) is 0 Å². The lowest BCUT2D eigenvalue weighted by atomic mass is 10.1. The minimum atomic E-state index is -0.664. The van der Waals surface area contributed by atoms with Gasteiger partial charge in [-0.1, -0.05) is 0 Å². The molecule has 0 saturated carbocycles. The van der Waals surface area contributed by atoms with Gasteiger partial charge in [-0.15, -0.1) is 11.3 Å². The topological polar surface area (TPSA) is 108 Å². The zero-order chi connectivity index (χ0) is 22.0. The highest BCUT2D eigenvalue weighted by Gasteiger charge is 2.28. The number of methoxy groups -OCH3 is 2. The van der Waals surface area contributed by atoms with Crippen molar-refractivity contribution in [3.63, 3.8) is 0 Å². The third-order valence-electron chi connectivity index (χ3n) is 4.44. The first kappa shape index (κ1) is 21.3. The van der Waals surface area contributed by atoms with Crippen LogP contribution in [0.4, 0.5) is 5.00 Å². The average molecular weight is 431 g/mol. The molecule has 0 bridgehead atoms. The van der Waals surface area contributed by atoms with E-state index in [1.807, 2.05) is 6.92 Å². The summed E-state index contributed by atoms with van der Waals surface area (Å²) in [7, 11) is 2.47. The summed E-state index contributed by atoms with van der Waals surface area (Å²) in [6.45, 7) is 5.62. The third-order valence-corrected chi connectivity index (χ3v) is 5.62. The van der Waals surface area contributed by atoms with E-state index in [9.17, 15) is 14.4 Å². The van der Waals surface area contributed by atoms with E-state index in [2.05, 4.69) is 10.3 Å². The number of carbonyl (C=O) groups is 3. The molecular formula is C20H21N3O6S. The number of amides is 1. The van der Waals surface area contributed by atoms with Crippen molar-refractivity contribution in [1.82, 2.24) is 9.38 Å². The van der Waals surface area contributed by atoms with Crippen LogP contribution >= 0.6 is 11.3 Å². The summed E-state index contributed by atoms with van der Waals surface area (Å²) >= 11 is 0.949. The maximum Gasteiger partial charge on any atom is 0.348 e. The maximum absolute atomic E-state index is 13.1. The van der Waals surface area contributed by atoms with Crippen molar-refractivity contribution in [2.45, 2.75) is 20.8 Å². The first-order chi connectivity index (χ1) is 14.3. The van der Waals surface area contributed by atoms with E-state index in [0.717, 1.165) is 11.3 Å². The Morgan fingerprint density at radius 1 is 1.17 bits per heavy atom. The summed E-state index contributed by atoms with van der Waals surface area (Å²) in [5.74, 6) is -1.20. The number of hydrogen-bond donors (Lipinski definition) is 1. The molecule has 3 aromatic rings. The maximum atomic E-state index is 13.1. The average Bonchev–Trinajstić information content (AvgIpc) is 3.23. The molecule has 1 N–H and O–H groups in total. The van der Waals surface area contributed by atoms with Crippen molar-refractivity contribution in [3.8, 4) is 5.75 Å². The Balaban J connectivity index is 2.07. The lowest BCUT2D eigenvalue weighted by molar-refractivity contribution is 0.0601. The fraction of sp³-hybridized carbons (Fsp3) is 0.300. The molecule has 0 unspecified atom stereocenters. The van der Waals surface area contributed by atoms with Gasteiger partial charge in [0.15, 0.2) is 11.4 Å². The zero-order valence-corrected chi connectivity index (χ0v) is 18.0. The predicted octanol–water partition coefficient (Wildman–Crippen LogP) is 3.24. The molecule has 0 fully saturated rings. The second-order valence-electron chi connectivity index (χ2n) is 6.24. The van der Waals surface area contributed by atoms with Crippen molar-refractivity contribution < 1.29 is 28.6 Å². The smallest absolute Gasteiger partial charge is 0.348 e. The molecule has 9 nitrogen and oxygen atoms in total. The number of nitrogens with zero attached hydrogens (tertiary/aromatic N) is 2. The Kier molecular flexibility index (Phi) is 6.06. The van der Waals surface area contributed by atoms with Gasteiger partial charge in [0.1, 0.15) is 15.6 Å². The first-order valence-electron chi connectivity index (χ1n) is 9.05. The molecule has 10 heteroatoms. The summed E-state index contributed by atoms with van der Waals surface area (Å²) in [4.78, 5) is 42.1. The Morgan fingerprint density at radius 2 is 1.87 bits per heavy atom. The fourth-order valence-corrected chi connectivity index (χ4v) is 4.21. The molecule has 3 rings (SSSR count). The quantitative estimate of drug-likeness (QED) is 0.597. The van der Waals surface area contributed by atoms with E-state index in [-0.39, 0.29) is 21.1 Å². The normalized spacial score (nSPS) is 10.7. The van der Waals surface area contributed by atoms with Crippen LogP contribution in [0.3, 0.4) is 0 Å². The van der Waals surface area contributed by atoms with Gasteiger partial charge < -0.3 is 19.5 Å². The summed E-state index contributed by atoms with van der Waals surface area (Å²) in [5, 5.41) is 2.92. The summed E-state index contributed by atoms with van der Waals surface area (Å²) in [6.07, 6.45) is 1.70. The molecule has 0 aromatic carbocycles. The van der Waals surface area contributed by atoms with E-state index in [1.165, 1.54) is 14.2 Å². The predicted molar refractivity (Wildman–Crippen MR) is 111 cm³/mol. The van der Waals surface area contributed by atoms with Crippen LogP contribution in [0.5, 0.6) is 5.75 Å². The molecule has 1 amide bonds. The number of esters is 2. The third kappa shape index (κ3) is 3.61. The van der Waals surface area contributed by atoms with Gasteiger partial charge in [0, 0.05) is 6.20 Å². The van der Waals surface area contributed by atoms with Crippen LogP contribution in [0.25, 0.3) is 5.65 Å². The van der Waals surface area contributed by atoms with Gasteiger partial charge in [-0.05, 0) is 38.5 Å². The van der Waals surface area contributed by atoms with E-state index in [4.69, 9.17) is 14.2 Å². The highest BCUT2D eigenvalue weighted by molar-refractivity contribution is 7.18. The number of thiophene rings is 1. The minimum Gasteiger partial charge on any atom is -0.490 e. The van der Waals surface area contributed by atoms with Crippen molar-refractivity contribution >= 4 is 39.8 Å². The molecule has 0 aliphatic heterocycles. The van der Waals surface area contributed by atoms with Crippen LogP contribution in [0.15, 0.2) is 18.3 Å². The molecule has 0 atom stereocenters. The molecule has 0 radical (unpaired) electrons. The van der Waals surface area contributed by atoms with E-state index >= 15 is 0 Å². The molecular weight excluding hydrogens is 410 g/mol. The summed E-state index contributed by atoms with van der Waals surface area (Å²) in [5.41, 5.74) is 1.77. The van der Waals surface area contributed by atoms with Gasteiger partial charge in [-0.25, -0.2) is 14.6 Å². The monoisotopic (exact) mass is 431 g/mol. The lowest BCUT2D eigenvalue weighted by Gasteiger charge is -2.08. The zero-order valence-electron chi connectivity index (χ0n) is 17.2. The molecule has 3 aromatic heterocycles. The number of anilines is 1. The highest BCUT2D eigenvalue weighted by Crippen LogP contribution is 2.35. The number of rotatable bonds is 6. The Morgan fingerprint density at radius 3 is 2.50 bits per heavy atom. The van der Waals surface area contributed by atoms with E-state index in [0.29, 0.717) is 29.3 Å². The van der Waals surface area contributed by atoms with E-state index < -0.39 is 17.8 Å². The van der Waals surface area contributed by atoms with Gasteiger partial charge >= 0.3 is 11.9 Å². The molecule has 0 saturated heterocycles. The molecule has 30 heavy (non-hydrogen) atoms. The molecule has 3 heterocycles. The summed E-state index contributed by atoms with van der Waals surface area (Å²) < 4.78 is 16.8. The number of pyridine rings is 1. The SMILES string of the molecule is CCOc1cccn2c(C(=O)Nc3sc(C(=O)OC)c(C)c3C(=O)OC)c(C)nc12. The van der Waals surface area contributed by atoms with Gasteiger partial charge in [0.05, 0.1) is 32.1 Å². The molecule has 0 aliphatic rings. The van der Waals surface area contributed by atoms with Crippen LogP contribution in [-0.4, -0.2) is 48.1 Å². The van der Waals surface area contributed by atoms with Crippen molar-refractivity contribution in [1.29, 1.82) is 0 Å². The Labute approximate surface area is 176 Å². The largest absolute Gasteiger partial charge is 0.490 e. The highest BCUT2D eigenvalue weighted by atomic mass is 32.1. The number of nitrogens with one attached hydrogen (secondary N) is 1. The molecule has 0 spiro atoms. The molecule has 0 aliphatic carbocycles. The molecule has 158 valence electrons. The van der Waals surface area contributed by atoms with Crippen LogP contribution in [0.2, 0.25) is 0 Å². The number of aromatic nitrogens is 2. The van der Waals surface area contributed by atoms with Gasteiger partial charge in [0.25, 0.3) is 5.91 Å². The van der Waals surface area contributed by atoms with Gasteiger partial charge in [-0.2, -0.15) is 0 Å². The number of carbonyl (C=O) groups excluding carboxylic acids is 3. The standard InChI is InChI=1S/C20H21N3O6S/c1-6-29-12-8-7-9-23-14(11(3)21-16(12)23)17(24)22-18-13(19(25)27-4)10(2)15(30-18)20(26)28-5/h7-9H,6H2,1-5H3,(H,22,24). The Hall–Kier alpha value is -3.40. The number of ether oxygens (including phenoxy) is 3. The van der Waals surface area contributed by atoms with Crippen LogP contribution < -0.4 is 10.1 Å². The lowest BCUT2D eigenvalue weighted by Crippen LogP contribution is -2.17. The fourth-order valence-electron chi connectivity index (χ4n) is 3.10. The number of aryl methyl sites for hydroxylation is 1. The second-order valence-corrected chi connectivity index (χ2v) is 7.26.